The van der Waals surface area contributed by atoms with E-state index in [1.807, 2.05) is 0 Å². The van der Waals surface area contributed by atoms with Crippen LogP contribution in [0.1, 0.15) is 51.5 Å². The molecule has 0 bridgehead atoms. The van der Waals surface area contributed by atoms with Gasteiger partial charge in [0.25, 0.3) is 0 Å². The van der Waals surface area contributed by atoms with E-state index in [0.717, 1.165) is 18.5 Å². The lowest BCUT2D eigenvalue weighted by molar-refractivity contribution is 0.175. The van der Waals surface area contributed by atoms with Crippen LogP contribution in [0.15, 0.2) is 18.2 Å². The van der Waals surface area contributed by atoms with Gasteiger partial charge in [0.15, 0.2) is 0 Å². The average Bonchev–Trinajstić information content (AvgIpc) is 2.42. The molecular weight excluding hydrogens is 273 g/mol. The zero-order chi connectivity index (χ0) is 14.6. The van der Waals surface area contributed by atoms with Crippen molar-refractivity contribution in [2.24, 2.45) is 5.41 Å². The monoisotopic (exact) mass is 297 g/mol. The standard InChI is InChI=1S/C17H25ClFN/c1-13(2)20-12-17(8-4-3-5-9-17)11-14-10-15(18)6-7-16(14)19/h6-7,10,13,20H,3-5,8-9,11-12H2,1-2H3. The first-order chi connectivity index (χ1) is 9.51. The highest BCUT2D eigenvalue weighted by Crippen LogP contribution is 2.39. The van der Waals surface area contributed by atoms with E-state index in [-0.39, 0.29) is 11.2 Å². The Kier molecular flexibility index (Phi) is 5.45. The number of benzene rings is 1. The van der Waals surface area contributed by atoms with Gasteiger partial charge in [-0.15, -0.1) is 0 Å². The van der Waals surface area contributed by atoms with Gasteiger partial charge in [0, 0.05) is 17.6 Å². The lowest BCUT2D eigenvalue weighted by Crippen LogP contribution is -2.40. The van der Waals surface area contributed by atoms with Gasteiger partial charge in [-0.1, -0.05) is 44.7 Å². The summed E-state index contributed by atoms with van der Waals surface area (Å²) in [4.78, 5) is 0. The van der Waals surface area contributed by atoms with Gasteiger partial charge in [-0.3, -0.25) is 0 Å². The summed E-state index contributed by atoms with van der Waals surface area (Å²) in [6.07, 6.45) is 6.96. The molecule has 1 nitrogen and oxygen atoms in total. The van der Waals surface area contributed by atoms with Gasteiger partial charge < -0.3 is 5.32 Å². The van der Waals surface area contributed by atoms with Crippen molar-refractivity contribution in [3.8, 4) is 0 Å². The number of rotatable bonds is 5. The molecule has 0 saturated heterocycles. The Morgan fingerprint density at radius 2 is 1.95 bits per heavy atom. The van der Waals surface area contributed by atoms with Crippen molar-refractivity contribution in [2.45, 2.75) is 58.4 Å². The second-order valence-electron chi connectivity index (χ2n) is 6.51. The molecule has 0 amide bonds. The van der Waals surface area contributed by atoms with E-state index < -0.39 is 0 Å². The zero-order valence-corrected chi connectivity index (χ0v) is 13.3. The first-order valence-electron chi connectivity index (χ1n) is 7.68. The Bertz CT molecular complexity index is 439. The summed E-state index contributed by atoms with van der Waals surface area (Å²) >= 11 is 6.03. The molecular formula is C17H25ClFN. The van der Waals surface area contributed by atoms with Crippen molar-refractivity contribution >= 4 is 11.6 Å². The molecule has 0 atom stereocenters. The smallest absolute Gasteiger partial charge is 0.126 e. The summed E-state index contributed by atoms with van der Waals surface area (Å²) < 4.78 is 14.0. The molecule has 1 aliphatic rings. The molecule has 0 radical (unpaired) electrons. The SMILES string of the molecule is CC(C)NCC1(Cc2cc(Cl)ccc2F)CCCCC1. The van der Waals surface area contributed by atoms with Gasteiger partial charge in [0.2, 0.25) is 0 Å². The van der Waals surface area contributed by atoms with Crippen LogP contribution >= 0.6 is 11.6 Å². The van der Waals surface area contributed by atoms with E-state index in [1.165, 1.54) is 38.2 Å². The highest BCUT2D eigenvalue weighted by Gasteiger charge is 2.32. The fourth-order valence-corrected chi connectivity index (χ4v) is 3.42. The number of hydrogen-bond acceptors (Lipinski definition) is 1. The maximum absolute atomic E-state index is 14.0. The van der Waals surface area contributed by atoms with Crippen molar-refractivity contribution in [1.82, 2.24) is 5.32 Å². The normalized spacial score (nSPS) is 18.4. The summed E-state index contributed by atoms with van der Waals surface area (Å²) in [6, 6.07) is 5.38. The van der Waals surface area contributed by atoms with Crippen LogP contribution in [0.3, 0.4) is 0 Å². The third kappa shape index (κ3) is 4.20. The predicted molar refractivity (Wildman–Crippen MR) is 83.8 cm³/mol. The summed E-state index contributed by atoms with van der Waals surface area (Å²) in [6.45, 7) is 5.30. The van der Waals surface area contributed by atoms with Crippen molar-refractivity contribution in [1.29, 1.82) is 0 Å². The van der Waals surface area contributed by atoms with E-state index in [4.69, 9.17) is 11.6 Å². The van der Waals surface area contributed by atoms with Crippen LogP contribution in [-0.4, -0.2) is 12.6 Å². The molecule has 1 aliphatic carbocycles. The predicted octanol–water partition coefficient (Wildman–Crippen LogP) is 4.97. The van der Waals surface area contributed by atoms with Crippen LogP contribution in [0, 0.1) is 11.2 Å². The molecule has 3 heteroatoms. The topological polar surface area (TPSA) is 12.0 Å². The zero-order valence-electron chi connectivity index (χ0n) is 12.5. The maximum atomic E-state index is 14.0. The molecule has 1 aromatic rings. The van der Waals surface area contributed by atoms with Crippen LogP contribution in [-0.2, 0) is 6.42 Å². The lowest BCUT2D eigenvalue weighted by Gasteiger charge is -2.38. The van der Waals surface area contributed by atoms with Crippen LogP contribution in [0.25, 0.3) is 0 Å². The second kappa shape index (κ2) is 6.91. The largest absolute Gasteiger partial charge is 0.314 e. The summed E-state index contributed by atoms with van der Waals surface area (Å²) in [5, 5.41) is 4.18. The van der Waals surface area contributed by atoms with Gasteiger partial charge in [0.05, 0.1) is 0 Å². The molecule has 1 aromatic carbocycles. The van der Waals surface area contributed by atoms with Crippen LogP contribution < -0.4 is 5.32 Å². The minimum absolute atomic E-state index is 0.121. The third-order valence-corrected chi connectivity index (χ3v) is 4.61. The highest BCUT2D eigenvalue weighted by molar-refractivity contribution is 6.30. The molecule has 0 aromatic heterocycles. The van der Waals surface area contributed by atoms with E-state index >= 15 is 0 Å². The summed E-state index contributed by atoms with van der Waals surface area (Å²) in [7, 11) is 0. The molecule has 20 heavy (non-hydrogen) atoms. The number of hydrogen-bond donors (Lipinski definition) is 1. The molecule has 0 heterocycles. The molecule has 0 spiro atoms. The summed E-state index contributed by atoms with van der Waals surface area (Å²) in [5.74, 6) is -0.121. The molecule has 0 unspecified atom stereocenters. The van der Waals surface area contributed by atoms with Crippen LogP contribution in [0.2, 0.25) is 5.02 Å². The van der Waals surface area contributed by atoms with E-state index in [9.17, 15) is 4.39 Å². The quantitative estimate of drug-likeness (QED) is 0.809. The fourth-order valence-electron chi connectivity index (χ4n) is 3.22. The highest BCUT2D eigenvalue weighted by atomic mass is 35.5. The Morgan fingerprint density at radius 1 is 1.25 bits per heavy atom. The molecule has 1 N–H and O–H groups in total. The van der Waals surface area contributed by atoms with Gasteiger partial charge in [-0.25, -0.2) is 4.39 Å². The van der Waals surface area contributed by atoms with E-state index in [0.29, 0.717) is 11.1 Å². The van der Waals surface area contributed by atoms with Crippen molar-refractivity contribution in [2.75, 3.05) is 6.54 Å². The van der Waals surface area contributed by atoms with Gasteiger partial charge in [-0.05, 0) is 48.4 Å². The Morgan fingerprint density at radius 3 is 2.60 bits per heavy atom. The van der Waals surface area contributed by atoms with Gasteiger partial charge >= 0.3 is 0 Å². The second-order valence-corrected chi connectivity index (χ2v) is 6.95. The Hall–Kier alpha value is -0.600. The van der Waals surface area contributed by atoms with Gasteiger partial charge in [-0.2, -0.15) is 0 Å². The number of halogens is 2. The van der Waals surface area contributed by atoms with Crippen LogP contribution in [0.4, 0.5) is 4.39 Å². The number of nitrogens with one attached hydrogen (secondary N) is 1. The average molecular weight is 298 g/mol. The molecule has 112 valence electrons. The first-order valence-corrected chi connectivity index (χ1v) is 8.06. The first kappa shape index (κ1) is 15.8. The van der Waals surface area contributed by atoms with E-state index in [1.54, 1.807) is 12.1 Å². The Balaban J connectivity index is 2.16. The van der Waals surface area contributed by atoms with Crippen molar-refractivity contribution < 1.29 is 4.39 Å². The summed E-state index contributed by atoms with van der Waals surface area (Å²) in [5.41, 5.74) is 0.957. The maximum Gasteiger partial charge on any atom is 0.126 e. The fraction of sp³-hybridized carbons (Fsp3) is 0.647. The van der Waals surface area contributed by atoms with E-state index in [2.05, 4.69) is 19.2 Å². The molecule has 1 saturated carbocycles. The minimum atomic E-state index is -0.121. The van der Waals surface area contributed by atoms with Crippen molar-refractivity contribution in [3.63, 3.8) is 0 Å². The lowest BCUT2D eigenvalue weighted by atomic mass is 9.70. The molecule has 0 aliphatic heterocycles. The molecule has 2 rings (SSSR count). The van der Waals surface area contributed by atoms with Gasteiger partial charge in [0.1, 0.15) is 5.82 Å². The minimum Gasteiger partial charge on any atom is -0.314 e. The molecule has 1 fully saturated rings. The van der Waals surface area contributed by atoms with Crippen molar-refractivity contribution in [3.05, 3.63) is 34.6 Å². The third-order valence-electron chi connectivity index (χ3n) is 4.37. The Labute approximate surface area is 126 Å². The van der Waals surface area contributed by atoms with Crippen LogP contribution in [0.5, 0.6) is 0 Å².